The Kier molecular flexibility index (Phi) is 5.73. The van der Waals surface area contributed by atoms with Gasteiger partial charge in [-0.1, -0.05) is 11.8 Å². The van der Waals surface area contributed by atoms with Crippen molar-refractivity contribution in [1.82, 2.24) is 9.88 Å². The number of hydrogen-bond donors (Lipinski definition) is 2. The summed E-state index contributed by atoms with van der Waals surface area (Å²) in [5.74, 6) is 5.64. The van der Waals surface area contributed by atoms with E-state index in [0.29, 0.717) is 24.1 Å². The number of nitrogens with zero attached hydrogens (tertiary/aromatic N) is 2. The van der Waals surface area contributed by atoms with Crippen LogP contribution in [0, 0.1) is 11.8 Å². The Morgan fingerprint density at radius 1 is 1.52 bits per heavy atom. The fraction of sp³-hybridized carbons (Fsp3) is 0.500. The first kappa shape index (κ1) is 15.5. The highest BCUT2D eigenvalue weighted by Crippen LogP contribution is 2.26. The molecular formula is C16H21N3O2. The second kappa shape index (κ2) is 7.77. The maximum Gasteiger partial charge on any atom is 0.255 e. The molecule has 1 fully saturated rings. The lowest BCUT2D eigenvalue weighted by molar-refractivity contribution is 0.0562. The molecule has 0 bridgehead atoms. The van der Waals surface area contributed by atoms with Crippen LogP contribution in [0.25, 0.3) is 0 Å². The molecule has 0 aromatic carbocycles. The van der Waals surface area contributed by atoms with Gasteiger partial charge in [0.2, 0.25) is 0 Å². The van der Waals surface area contributed by atoms with E-state index in [4.69, 9.17) is 10.8 Å². The summed E-state index contributed by atoms with van der Waals surface area (Å²) in [6, 6.07) is 1.99. The van der Waals surface area contributed by atoms with Gasteiger partial charge in [0.1, 0.15) is 0 Å². The Balaban J connectivity index is 2.23. The summed E-state index contributed by atoms with van der Waals surface area (Å²) in [6.07, 6.45) is 7.02. The van der Waals surface area contributed by atoms with E-state index in [1.165, 1.54) is 0 Å². The summed E-state index contributed by atoms with van der Waals surface area (Å²) in [4.78, 5) is 18.7. The van der Waals surface area contributed by atoms with Gasteiger partial charge in [-0.25, -0.2) is 0 Å². The van der Waals surface area contributed by atoms with Crippen molar-refractivity contribution >= 4 is 5.91 Å². The van der Waals surface area contributed by atoms with E-state index < -0.39 is 0 Å². The molecule has 112 valence electrons. The van der Waals surface area contributed by atoms with Crippen LogP contribution in [0.5, 0.6) is 0 Å². The molecule has 1 aromatic rings. The Labute approximate surface area is 125 Å². The molecule has 0 spiro atoms. The molecular weight excluding hydrogens is 266 g/mol. The molecule has 5 heteroatoms. The molecule has 2 rings (SSSR count). The standard InChI is InChI=1S/C16H21N3O2/c17-8-2-4-13-12-18-9-7-15(13)16(21)19(10-3-11-20)14-5-1-6-14/h7,9,12,14,20H,1,3,5-6,8,10-11,17H2. The first-order valence-corrected chi connectivity index (χ1v) is 7.32. The molecule has 0 aliphatic heterocycles. The highest BCUT2D eigenvalue weighted by Gasteiger charge is 2.29. The fourth-order valence-electron chi connectivity index (χ4n) is 2.37. The number of aromatic nitrogens is 1. The highest BCUT2D eigenvalue weighted by atomic mass is 16.3. The van der Waals surface area contributed by atoms with Gasteiger partial charge in [0.15, 0.2) is 0 Å². The summed E-state index contributed by atoms with van der Waals surface area (Å²) in [5, 5.41) is 9.03. The number of carbonyl (C=O) groups is 1. The third kappa shape index (κ3) is 3.81. The van der Waals surface area contributed by atoms with E-state index in [0.717, 1.165) is 19.3 Å². The van der Waals surface area contributed by atoms with Crippen LogP contribution < -0.4 is 5.73 Å². The van der Waals surface area contributed by atoms with Crippen LogP contribution in [0.1, 0.15) is 41.6 Å². The van der Waals surface area contributed by atoms with Crippen molar-refractivity contribution in [2.24, 2.45) is 5.73 Å². The molecule has 1 heterocycles. The Morgan fingerprint density at radius 2 is 2.33 bits per heavy atom. The van der Waals surface area contributed by atoms with Gasteiger partial charge in [-0.15, -0.1) is 0 Å². The monoisotopic (exact) mass is 287 g/mol. The average molecular weight is 287 g/mol. The van der Waals surface area contributed by atoms with Gasteiger partial charge in [-0.3, -0.25) is 9.78 Å². The molecule has 0 unspecified atom stereocenters. The van der Waals surface area contributed by atoms with Gasteiger partial charge in [-0.05, 0) is 31.7 Å². The topological polar surface area (TPSA) is 79.5 Å². The van der Waals surface area contributed by atoms with Crippen molar-refractivity contribution in [1.29, 1.82) is 0 Å². The second-order valence-electron chi connectivity index (χ2n) is 5.09. The Hall–Kier alpha value is -1.90. The molecule has 3 N–H and O–H groups in total. The largest absolute Gasteiger partial charge is 0.396 e. The van der Waals surface area contributed by atoms with Gasteiger partial charge in [0, 0.05) is 31.6 Å². The van der Waals surface area contributed by atoms with E-state index in [-0.39, 0.29) is 25.1 Å². The van der Waals surface area contributed by atoms with E-state index in [1.54, 1.807) is 18.5 Å². The SMILES string of the molecule is NCC#Cc1cnccc1C(=O)N(CCCO)C1CCC1. The predicted molar refractivity (Wildman–Crippen MR) is 80.5 cm³/mol. The average Bonchev–Trinajstić information content (AvgIpc) is 2.47. The van der Waals surface area contributed by atoms with E-state index in [2.05, 4.69) is 16.8 Å². The third-order valence-corrected chi connectivity index (χ3v) is 3.71. The van der Waals surface area contributed by atoms with Gasteiger partial charge >= 0.3 is 0 Å². The number of hydrogen-bond acceptors (Lipinski definition) is 4. The van der Waals surface area contributed by atoms with Gasteiger partial charge in [0.25, 0.3) is 5.91 Å². The molecule has 1 amide bonds. The maximum atomic E-state index is 12.8. The quantitative estimate of drug-likeness (QED) is 0.784. The molecule has 1 aliphatic carbocycles. The lowest BCUT2D eigenvalue weighted by Crippen LogP contribution is -2.45. The lowest BCUT2D eigenvalue weighted by Gasteiger charge is -2.37. The van der Waals surface area contributed by atoms with Gasteiger partial charge in [-0.2, -0.15) is 0 Å². The van der Waals surface area contributed by atoms with Crippen LogP contribution in [-0.2, 0) is 0 Å². The van der Waals surface area contributed by atoms with Crippen molar-refractivity contribution in [2.75, 3.05) is 19.7 Å². The summed E-state index contributed by atoms with van der Waals surface area (Å²) < 4.78 is 0. The molecule has 1 aromatic heterocycles. The second-order valence-corrected chi connectivity index (χ2v) is 5.09. The first-order valence-electron chi connectivity index (χ1n) is 7.32. The van der Waals surface area contributed by atoms with Crippen molar-refractivity contribution < 1.29 is 9.90 Å². The molecule has 0 saturated heterocycles. The number of aliphatic hydroxyl groups is 1. The third-order valence-electron chi connectivity index (χ3n) is 3.71. The number of rotatable bonds is 5. The smallest absolute Gasteiger partial charge is 0.255 e. The number of nitrogens with two attached hydrogens (primary N) is 1. The zero-order chi connectivity index (χ0) is 15.1. The summed E-state index contributed by atoms with van der Waals surface area (Å²) in [5.41, 5.74) is 6.57. The first-order chi connectivity index (χ1) is 10.3. The fourth-order valence-corrected chi connectivity index (χ4v) is 2.37. The number of carbonyl (C=O) groups excluding carboxylic acids is 1. The van der Waals surface area contributed by atoms with Crippen LogP contribution in [0.15, 0.2) is 18.5 Å². The minimum atomic E-state index is -0.0307. The zero-order valence-electron chi connectivity index (χ0n) is 12.1. The van der Waals surface area contributed by atoms with Crippen LogP contribution in [0.3, 0.4) is 0 Å². The predicted octanol–water partition coefficient (Wildman–Crippen LogP) is 0.769. The minimum Gasteiger partial charge on any atom is -0.396 e. The van der Waals surface area contributed by atoms with Crippen molar-refractivity contribution in [3.63, 3.8) is 0 Å². The van der Waals surface area contributed by atoms with Crippen LogP contribution in [0.2, 0.25) is 0 Å². The number of pyridine rings is 1. The number of aliphatic hydroxyl groups excluding tert-OH is 1. The Bertz CT molecular complexity index is 544. The summed E-state index contributed by atoms with van der Waals surface area (Å²) in [6.45, 7) is 0.915. The highest BCUT2D eigenvalue weighted by molar-refractivity contribution is 5.96. The number of amides is 1. The molecule has 5 nitrogen and oxygen atoms in total. The molecule has 1 saturated carbocycles. The lowest BCUT2D eigenvalue weighted by atomic mass is 9.90. The molecule has 21 heavy (non-hydrogen) atoms. The van der Waals surface area contributed by atoms with Crippen molar-refractivity contribution in [2.45, 2.75) is 31.7 Å². The molecule has 1 aliphatic rings. The van der Waals surface area contributed by atoms with Crippen LogP contribution >= 0.6 is 0 Å². The van der Waals surface area contributed by atoms with E-state index >= 15 is 0 Å². The van der Waals surface area contributed by atoms with Crippen LogP contribution in [0.4, 0.5) is 0 Å². The summed E-state index contributed by atoms with van der Waals surface area (Å²) in [7, 11) is 0. The van der Waals surface area contributed by atoms with Gasteiger partial charge in [0.05, 0.1) is 17.7 Å². The van der Waals surface area contributed by atoms with Crippen molar-refractivity contribution in [3.05, 3.63) is 29.6 Å². The Morgan fingerprint density at radius 3 is 2.95 bits per heavy atom. The van der Waals surface area contributed by atoms with Crippen molar-refractivity contribution in [3.8, 4) is 11.8 Å². The van der Waals surface area contributed by atoms with E-state index in [1.807, 2.05) is 4.90 Å². The normalized spacial score (nSPS) is 14.0. The zero-order valence-corrected chi connectivity index (χ0v) is 12.1. The molecule has 0 radical (unpaired) electrons. The van der Waals surface area contributed by atoms with Crippen LogP contribution in [-0.4, -0.2) is 46.6 Å². The van der Waals surface area contributed by atoms with E-state index in [9.17, 15) is 4.79 Å². The molecule has 0 atom stereocenters. The van der Waals surface area contributed by atoms with Gasteiger partial charge < -0.3 is 15.7 Å². The minimum absolute atomic E-state index is 0.0307. The summed E-state index contributed by atoms with van der Waals surface area (Å²) >= 11 is 0. The maximum absolute atomic E-state index is 12.8.